The van der Waals surface area contributed by atoms with Crippen LogP contribution in [0.1, 0.15) is 29.8 Å². The lowest BCUT2D eigenvalue weighted by Crippen LogP contribution is -2.45. The fourth-order valence-corrected chi connectivity index (χ4v) is 4.26. The molecule has 8 heteroatoms. The van der Waals surface area contributed by atoms with Crippen molar-refractivity contribution in [2.24, 2.45) is 0 Å². The first kappa shape index (κ1) is 18.7. The summed E-state index contributed by atoms with van der Waals surface area (Å²) >= 11 is 0. The molecule has 0 bridgehead atoms. The van der Waals surface area contributed by atoms with E-state index in [1.54, 1.807) is 0 Å². The van der Waals surface area contributed by atoms with Crippen LogP contribution in [-0.2, 0) is 6.42 Å². The van der Waals surface area contributed by atoms with Gasteiger partial charge in [-0.1, -0.05) is 17.2 Å². The molecule has 0 amide bonds. The Bertz CT molecular complexity index is 1100. The molecule has 1 aliphatic carbocycles. The maximum Gasteiger partial charge on any atom is 0.313 e. The first-order chi connectivity index (χ1) is 14.6. The van der Waals surface area contributed by atoms with E-state index in [0.29, 0.717) is 11.9 Å². The number of nitrogens with zero attached hydrogens (tertiary/aromatic N) is 6. The van der Waals surface area contributed by atoms with Crippen LogP contribution in [0, 0.1) is 0 Å². The number of anilines is 2. The quantitative estimate of drug-likeness (QED) is 0.710. The molecule has 5 rings (SSSR count). The number of rotatable bonds is 4. The molecule has 3 aromatic rings. The Labute approximate surface area is 175 Å². The molecule has 154 valence electrons. The summed E-state index contributed by atoms with van der Waals surface area (Å²) in [7, 11) is 4.29. The largest absolute Gasteiger partial charge is 0.404 e. The summed E-state index contributed by atoms with van der Waals surface area (Å²) in [5.74, 6) is 2.15. The fourth-order valence-electron chi connectivity index (χ4n) is 4.26. The number of hydrogen-bond acceptors (Lipinski definition) is 8. The van der Waals surface area contributed by atoms with Gasteiger partial charge in [0.25, 0.3) is 0 Å². The van der Waals surface area contributed by atoms with E-state index < -0.39 is 0 Å². The molecule has 1 fully saturated rings. The van der Waals surface area contributed by atoms with E-state index in [1.165, 1.54) is 18.4 Å². The van der Waals surface area contributed by atoms with Crippen molar-refractivity contribution >= 4 is 17.4 Å². The van der Waals surface area contributed by atoms with Crippen molar-refractivity contribution in [2.75, 3.05) is 37.8 Å². The molecular weight excluding hydrogens is 378 g/mol. The monoisotopic (exact) mass is 403 g/mol. The SMILES string of the molecule is CN(C)[C@@H]1CCCN(c2ccnc(C3=CCc4ccc(-c5nnc(N)o5)cc43)n2)C1. The van der Waals surface area contributed by atoms with Gasteiger partial charge in [0.05, 0.1) is 0 Å². The minimum atomic E-state index is 0.0647. The summed E-state index contributed by atoms with van der Waals surface area (Å²) in [6.45, 7) is 2.01. The van der Waals surface area contributed by atoms with Gasteiger partial charge in [-0.2, -0.15) is 0 Å². The third kappa shape index (κ3) is 3.43. The number of likely N-dealkylation sites (N-methyl/N-ethyl adjacent to an activating group) is 1. The van der Waals surface area contributed by atoms with Crippen LogP contribution in [0.4, 0.5) is 11.8 Å². The number of nitrogens with two attached hydrogens (primary N) is 1. The van der Waals surface area contributed by atoms with Crippen molar-refractivity contribution in [2.45, 2.75) is 25.3 Å². The van der Waals surface area contributed by atoms with Gasteiger partial charge in [0.15, 0.2) is 5.82 Å². The highest BCUT2D eigenvalue weighted by atomic mass is 16.4. The molecule has 8 nitrogen and oxygen atoms in total. The van der Waals surface area contributed by atoms with E-state index in [0.717, 1.165) is 47.9 Å². The Hall–Kier alpha value is -3.26. The zero-order chi connectivity index (χ0) is 20.7. The van der Waals surface area contributed by atoms with Gasteiger partial charge in [0.2, 0.25) is 5.89 Å². The topological polar surface area (TPSA) is 97.2 Å². The van der Waals surface area contributed by atoms with E-state index in [4.69, 9.17) is 15.1 Å². The maximum absolute atomic E-state index is 5.58. The number of benzene rings is 1. The van der Waals surface area contributed by atoms with E-state index in [-0.39, 0.29) is 6.01 Å². The van der Waals surface area contributed by atoms with E-state index >= 15 is 0 Å². The summed E-state index contributed by atoms with van der Waals surface area (Å²) in [4.78, 5) is 14.2. The van der Waals surface area contributed by atoms with E-state index in [2.05, 4.69) is 57.3 Å². The van der Waals surface area contributed by atoms with E-state index in [1.807, 2.05) is 18.3 Å². The molecule has 1 aliphatic heterocycles. The van der Waals surface area contributed by atoms with Gasteiger partial charge in [0.1, 0.15) is 5.82 Å². The first-order valence-corrected chi connectivity index (χ1v) is 10.3. The molecule has 1 aromatic carbocycles. The number of aromatic nitrogens is 4. The molecule has 0 unspecified atom stereocenters. The van der Waals surface area contributed by atoms with Crippen LogP contribution in [0.2, 0.25) is 0 Å². The summed E-state index contributed by atoms with van der Waals surface area (Å²) < 4.78 is 5.39. The third-order valence-electron chi connectivity index (χ3n) is 5.95. The van der Waals surface area contributed by atoms with E-state index in [9.17, 15) is 0 Å². The minimum absolute atomic E-state index is 0.0647. The number of nitrogen functional groups attached to an aromatic ring is 1. The average Bonchev–Trinajstić information content (AvgIpc) is 3.39. The highest BCUT2D eigenvalue weighted by Gasteiger charge is 2.24. The third-order valence-corrected chi connectivity index (χ3v) is 5.95. The smallest absolute Gasteiger partial charge is 0.313 e. The second-order valence-corrected chi connectivity index (χ2v) is 8.08. The van der Waals surface area contributed by atoms with Crippen molar-refractivity contribution in [3.63, 3.8) is 0 Å². The van der Waals surface area contributed by atoms with Crippen LogP contribution in [0.25, 0.3) is 17.0 Å². The molecule has 0 saturated carbocycles. The lowest BCUT2D eigenvalue weighted by molar-refractivity contribution is 0.257. The summed E-state index contributed by atoms with van der Waals surface area (Å²) in [5.41, 5.74) is 9.81. The summed E-state index contributed by atoms with van der Waals surface area (Å²) in [6.07, 6.45) is 7.30. The predicted molar refractivity (Wildman–Crippen MR) is 116 cm³/mol. The molecule has 1 saturated heterocycles. The second-order valence-electron chi connectivity index (χ2n) is 8.08. The predicted octanol–water partition coefficient (Wildman–Crippen LogP) is 2.63. The Kier molecular flexibility index (Phi) is 4.71. The van der Waals surface area contributed by atoms with Gasteiger partial charge in [0, 0.05) is 36.5 Å². The zero-order valence-electron chi connectivity index (χ0n) is 17.2. The second kappa shape index (κ2) is 7.53. The maximum atomic E-state index is 5.58. The van der Waals surface area contributed by atoms with Crippen LogP contribution < -0.4 is 10.6 Å². The number of hydrogen-bond donors (Lipinski definition) is 1. The molecule has 30 heavy (non-hydrogen) atoms. The van der Waals surface area contributed by atoms with Gasteiger partial charge in [-0.25, -0.2) is 9.97 Å². The van der Waals surface area contributed by atoms with Crippen LogP contribution in [0.5, 0.6) is 0 Å². The Morgan fingerprint density at radius 3 is 2.90 bits per heavy atom. The molecule has 0 radical (unpaired) electrons. The van der Waals surface area contributed by atoms with Gasteiger partial charge in [-0.05, 0) is 62.7 Å². The Morgan fingerprint density at radius 2 is 2.10 bits per heavy atom. The van der Waals surface area contributed by atoms with Gasteiger partial charge < -0.3 is 20.0 Å². The molecule has 3 heterocycles. The van der Waals surface area contributed by atoms with Gasteiger partial charge >= 0.3 is 6.01 Å². The molecular formula is C22H25N7O. The highest BCUT2D eigenvalue weighted by Crippen LogP contribution is 2.35. The standard InChI is InChI=1S/C22H25N7O/c1-28(2)16-4-3-11-29(13-16)19-9-10-24-20(25-19)17-8-7-14-5-6-15(12-18(14)17)21-26-27-22(23)30-21/h5-6,8-10,12,16H,3-4,7,11,13H2,1-2H3,(H2,23,27)/t16-/m1/s1. The number of piperidine rings is 1. The normalized spacial score (nSPS) is 18.6. The van der Waals surface area contributed by atoms with Gasteiger partial charge in [-0.15, -0.1) is 5.10 Å². The molecule has 2 aromatic heterocycles. The fraction of sp³-hybridized carbons (Fsp3) is 0.364. The zero-order valence-corrected chi connectivity index (χ0v) is 17.2. The van der Waals surface area contributed by atoms with Crippen LogP contribution >= 0.6 is 0 Å². The molecule has 2 N–H and O–H groups in total. The van der Waals surface area contributed by atoms with Crippen molar-refractivity contribution in [3.05, 3.63) is 53.5 Å². The van der Waals surface area contributed by atoms with Crippen LogP contribution in [0.15, 0.2) is 41.0 Å². The minimum Gasteiger partial charge on any atom is -0.404 e. The van der Waals surface area contributed by atoms with Gasteiger partial charge in [-0.3, -0.25) is 0 Å². The van der Waals surface area contributed by atoms with Crippen molar-refractivity contribution < 1.29 is 4.42 Å². The lowest BCUT2D eigenvalue weighted by atomic mass is 10.0. The lowest BCUT2D eigenvalue weighted by Gasteiger charge is -2.36. The number of allylic oxidation sites excluding steroid dienone is 1. The molecule has 0 spiro atoms. The van der Waals surface area contributed by atoms with Crippen LogP contribution in [0.3, 0.4) is 0 Å². The van der Waals surface area contributed by atoms with Crippen molar-refractivity contribution in [1.29, 1.82) is 0 Å². The van der Waals surface area contributed by atoms with Crippen LogP contribution in [-0.4, -0.2) is 58.3 Å². The molecule has 1 atom stereocenters. The Morgan fingerprint density at radius 1 is 1.20 bits per heavy atom. The highest BCUT2D eigenvalue weighted by molar-refractivity contribution is 5.84. The number of fused-ring (bicyclic) bond motifs is 1. The summed E-state index contributed by atoms with van der Waals surface area (Å²) in [6, 6.07) is 8.75. The summed E-state index contributed by atoms with van der Waals surface area (Å²) in [5, 5.41) is 7.76. The molecule has 2 aliphatic rings. The average molecular weight is 403 g/mol. The Balaban J connectivity index is 1.45. The van der Waals surface area contributed by atoms with Crippen molar-refractivity contribution in [3.8, 4) is 11.5 Å². The first-order valence-electron chi connectivity index (χ1n) is 10.3. The van der Waals surface area contributed by atoms with Crippen molar-refractivity contribution in [1.82, 2.24) is 25.1 Å².